The first kappa shape index (κ1) is 18.6. The van der Waals surface area contributed by atoms with Crippen LogP contribution < -0.4 is 10.2 Å². The lowest BCUT2D eigenvalue weighted by Gasteiger charge is -2.35. The number of benzene rings is 1. The highest BCUT2D eigenvalue weighted by atomic mass is 32.1. The van der Waals surface area contributed by atoms with Gasteiger partial charge in [0.1, 0.15) is 0 Å². The fourth-order valence-electron chi connectivity index (χ4n) is 3.30. The summed E-state index contributed by atoms with van der Waals surface area (Å²) in [5, 5.41) is 13.3. The molecule has 28 heavy (non-hydrogen) atoms. The molecule has 1 aromatic carbocycles. The molecule has 0 unspecified atom stereocenters. The Morgan fingerprint density at radius 3 is 2.46 bits per heavy atom. The van der Waals surface area contributed by atoms with Gasteiger partial charge in [-0.25, -0.2) is 0 Å². The average molecular weight is 394 g/mol. The van der Waals surface area contributed by atoms with Crippen LogP contribution in [0.25, 0.3) is 0 Å². The molecule has 1 amide bonds. The van der Waals surface area contributed by atoms with Crippen LogP contribution in [-0.2, 0) is 17.8 Å². The molecule has 144 valence electrons. The van der Waals surface area contributed by atoms with Crippen LogP contribution in [0.1, 0.15) is 10.4 Å². The quantitative estimate of drug-likeness (QED) is 0.698. The molecule has 1 fully saturated rings. The molecule has 0 atom stereocenters. The minimum absolute atomic E-state index is 0.0703. The van der Waals surface area contributed by atoms with Gasteiger partial charge in [-0.3, -0.25) is 9.69 Å². The van der Waals surface area contributed by atoms with Crippen molar-refractivity contribution in [2.75, 3.05) is 36.4 Å². The second kappa shape index (κ2) is 8.95. The highest BCUT2D eigenvalue weighted by Crippen LogP contribution is 2.16. The third kappa shape index (κ3) is 4.94. The number of piperazine rings is 1. The lowest BCUT2D eigenvalue weighted by Crippen LogP contribution is -2.46. The average Bonchev–Trinajstić information content (AvgIpc) is 3.23. The molecular formula is C21H23N5OS. The molecule has 1 saturated heterocycles. The SMILES string of the molecule is O=C(Cc1cccs1)Nc1ccc(N2CCN(Cc3ccccc3)CC2)nn1. The molecule has 0 radical (unpaired) electrons. The Bertz CT molecular complexity index is 875. The molecule has 0 saturated carbocycles. The van der Waals surface area contributed by atoms with Crippen molar-refractivity contribution in [1.82, 2.24) is 15.1 Å². The van der Waals surface area contributed by atoms with Gasteiger partial charge in [0.15, 0.2) is 11.6 Å². The minimum atomic E-state index is -0.0703. The molecule has 2 aromatic heterocycles. The Morgan fingerprint density at radius 2 is 1.79 bits per heavy atom. The first-order valence-corrected chi connectivity index (χ1v) is 10.3. The van der Waals surface area contributed by atoms with E-state index in [0.717, 1.165) is 43.4 Å². The lowest BCUT2D eigenvalue weighted by molar-refractivity contribution is -0.115. The fourth-order valence-corrected chi connectivity index (χ4v) is 4.00. The van der Waals surface area contributed by atoms with E-state index in [1.165, 1.54) is 5.56 Å². The summed E-state index contributed by atoms with van der Waals surface area (Å²) < 4.78 is 0. The maximum atomic E-state index is 12.1. The molecule has 0 aliphatic carbocycles. The van der Waals surface area contributed by atoms with Gasteiger partial charge in [0.25, 0.3) is 0 Å². The van der Waals surface area contributed by atoms with Crippen LogP contribution in [0.2, 0.25) is 0 Å². The normalized spacial score (nSPS) is 14.8. The zero-order valence-corrected chi connectivity index (χ0v) is 16.4. The van der Waals surface area contributed by atoms with Crippen molar-refractivity contribution in [3.63, 3.8) is 0 Å². The topological polar surface area (TPSA) is 61.4 Å². The predicted octanol–water partition coefficient (Wildman–Crippen LogP) is 3.04. The van der Waals surface area contributed by atoms with Gasteiger partial charge in [0, 0.05) is 37.6 Å². The van der Waals surface area contributed by atoms with Crippen molar-refractivity contribution in [3.05, 3.63) is 70.4 Å². The van der Waals surface area contributed by atoms with Crippen LogP contribution in [0.15, 0.2) is 60.0 Å². The smallest absolute Gasteiger partial charge is 0.230 e. The van der Waals surface area contributed by atoms with E-state index in [1.807, 2.05) is 35.7 Å². The number of nitrogens with one attached hydrogen (secondary N) is 1. The Balaban J connectivity index is 1.27. The maximum absolute atomic E-state index is 12.1. The van der Waals surface area contributed by atoms with Crippen LogP contribution in [0.4, 0.5) is 11.6 Å². The van der Waals surface area contributed by atoms with Gasteiger partial charge in [0.05, 0.1) is 6.42 Å². The van der Waals surface area contributed by atoms with Crippen LogP contribution >= 0.6 is 11.3 Å². The Hall–Kier alpha value is -2.77. The van der Waals surface area contributed by atoms with E-state index < -0.39 is 0 Å². The Labute approximate surface area is 168 Å². The Morgan fingerprint density at radius 1 is 0.964 bits per heavy atom. The largest absolute Gasteiger partial charge is 0.353 e. The number of hydrogen-bond donors (Lipinski definition) is 1. The lowest BCUT2D eigenvalue weighted by atomic mass is 10.2. The molecule has 6 nitrogen and oxygen atoms in total. The zero-order valence-electron chi connectivity index (χ0n) is 15.6. The van der Waals surface area contributed by atoms with E-state index >= 15 is 0 Å². The summed E-state index contributed by atoms with van der Waals surface area (Å²) in [5.74, 6) is 1.28. The summed E-state index contributed by atoms with van der Waals surface area (Å²) in [5.41, 5.74) is 1.35. The van der Waals surface area contributed by atoms with Crippen LogP contribution in [-0.4, -0.2) is 47.2 Å². The molecule has 4 rings (SSSR count). The van der Waals surface area contributed by atoms with Crippen LogP contribution in [0.3, 0.4) is 0 Å². The first-order chi connectivity index (χ1) is 13.8. The summed E-state index contributed by atoms with van der Waals surface area (Å²) in [6.07, 6.45) is 0.366. The van der Waals surface area contributed by atoms with Gasteiger partial charge < -0.3 is 10.2 Å². The molecule has 3 aromatic rings. The monoisotopic (exact) mass is 393 g/mol. The Kier molecular flexibility index (Phi) is 5.94. The number of anilines is 2. The fraction of sp³-hybridized carbons (Fsp3) is 0.286. The predicted molar refractivity (Wildman–Crippen MR) is 113 cm³/mol. The van der Waals surface area contributed by atoms with Crippen LogP contribution in [0.5, 0.6) is 0 Å². The number of thiophene rings is 1. The molecule has 0 spiro atoms. The number of carbonyl (C=O) groups excluding carboxylic acids is 1. The maximum Gasteiger partial charge on any atom is 0.230 e. The first-order valence-electron chi connectivity index (χ1n) is 9.43. The van der Waals surface area contributed by atoms with Crippen molar-refractivity contribution >= 4 is 28.9 Å². The molecule has 1 N–H and O–H groups in total. The van der Waals surface area contributed by atoms with Gasteiger partial charge in [-0.1, -0.05) is 36.4 Å². The number of nitrogens with zero attached hydrogens (tertiary/aromatic N) is 4. The van der Waals surface area contributed by atoms with Crippen molar-refractivity contribution in [1.29, 1.82) is 0 Å². The van der Waals surface area contributed by atoms with E-state index in [9.17, 15) is 4.79 Å². The third-order valence-electron chi connectivity index (χ3n) is 4.78. The molecular weight excluding hydrogens is 370 g/mol. The second-order valence-electron chi connectivity index (χ2n) is 6.83. The van der Waals surface area contributed by atoms with Crippen molar-refractivity contribution < 1.29 is 4.79 Å². The number of rotatable bonds is 6. The molecule has 1 aliphatic rings. The van der Waals surface area contributed by atoms with Crippen molar-refractivity contribution in [2.24, 2.45) is 0 Å². The number of carbonyl (C=O) groups is 1. The number of hydrogen-bond acceptors (Lipinski definition) is 6. The highest BCUT2D eigenvalue weighted by Gasteiger charge is 2.18. The van der Waals surface area contributed by atoms with E-state index in [0.29, 0.717) is 12.2 Å². The number of amides is 1. The van der Waals surface area contributed by atoms with Gasteiger partial charge in [-0.05, 0) is 29.1 Å². The summed E-state index contributed by atoms with van der Waals surface area (Å²) in [7, 11) is 0. The molecule has 3 heterocycles. The van der Waals surface area contributed by atoms with E-state index in [2.05, 4.69) is 49.6 Å². The summed E-state index contributed by atoms with van der Waals surface area (Å²) in [6, 6.07) is 18.2. The number of aromatic nitrogens is 2. The van der Waals surface area contributed by atoms with Crippen molar-refractivity contribution in [3.8, 4) is 0 Å². The van der Waals surface area contributed by atoms with Gasteiger partial charge in [-0.2, -0.15) is 0 Å². The third-order valence-corrected chi connectivity index (χ3v) is 5.65. The summed E-state index contributed by atoms with van der Waals surface area (Å²) >= 11 is 1.58. The molecule has 1 aliphatic heterocycles. The zero-order chi connectivity index (χ0) is 19.2. The van der Waals surface area contributed by atoms with Crippen LogP contribution in [0, 0.1) is 0 Å². The van der Waals surface area contributed by atoms with Gasteiger partial charge in [0.2, 0.25) is 5.91 Å². The molecule has 7 heteroatoms. The summed E-state index contributed by atoms with van der Waals surface area (Å²) in [6.45, 7) is 4.82. The van der Waals surface area contributed by atoms with E-state index in [1.54, 1.807) is 11.3 Å². The van der Waals surface area contributed by atoms with Crippen molar-refractivity contribution in [2.45, 2.75) is 13.0 Å². The summed E-state index contributed by atoms with van der Waals surface area (Å²) in [4.78, 5) is 17.8. The van der Waals surface area contributed by atoms with Gasteiger partial charge in [-0.15, -0.1) is 21.5 Å². The minimum Gasteiger partial charge on any atom is -0.353 e. The standard InChI is InChI=1S/C21H23N5OS/c27-21(15-18-7-4-14-28-18)22-19-8-9-20(24-23-19)26-12-10-25(11-13-26)16-17-5-2-1-3-6-17/h1-9,14H,10-13,15-16H2,(H,22,23,27). The van der Waals surface area contributed by atoms with E-state index in [4.69, 9.17) is 0 Å². The van der Waals surface area contributed by atoms with Gasteiger partial charge >= 0.3 is 0 Å². The molecule has 0 bridgehead atoms. The van der Waals surface area contributed by atoms with E-state index in [-0.39, 0.29) is 5.91 Å². The highest BCUT2D eigenvalue weighted by molar-refractivity contribution is 7.10. The second-order valence-corrected chi connectivity index (χ2v) is 7.86.